The molecule has 19 heavy (non-hydrogen) atoms. The maximum Gasteiger partial charge on any atom is 0.0328 e. The molecule has 1 aromatic heterocycles. The standard InChI is InChI=1S/C16H28N2S/c1-12(2)8-17-9-15-5-6-18(10-15)11-16-7-13(3)14(4)19-16/h7,12,15,17H,5-6,8-11H2,1-4H3. The largest absolute Gasteiger partial charge is 0.316 e. The summed E-state index contributed by atoms with van der Waals surface area (Å²) in [5, 5.41) is 3.60. The van der Waals surface area contributed by atoms with Crippen molar-refractivity contribution < 1.29 is 0 Å². The van der Waals surface area contributed by atoms with Gasteiger partial charge in [-0.25, -0.2) is 0 Å². The van der Waals surface area contributed by atoms with Crippen molar-refractivity contribution in [2.75, 3.05) is 26.2 Å². The molecule has 1 unspecified atom stereocenters. The van der Waals surface area contributed by atoms with Crippen molar-refractivity contribution in [3.8, 4) is 0 Å². The van der Waals surface area contributed by atoms with Gasteiger partial charge in [-0.05, 0) is 63.4 Å². The van der Waals surface area contributed by atoms with Crippen LogP contribution in [0.25, 0.3) is 0 Å². The van der Waals surface area contributed by atoms with E-state index in [9.17, 15) is 0 Å². The van der Waals surface area contributed by atoms with Gasteiger partial charge in [0.25, 0.3) is 0 Å². The molecule has 0 radical (unpaired) electrons. The molecular weight excluding hydrogens is 252 g/mol. The van der Waals surface area contributed by atoms with Gasteiger partial charge >= 0.3 is 0 Å². The van der Waals surface area contributed by atoms with Gasteiger partial charge in [0, 0.05) is 22.8 Å². The molecule has 0 spiro atoms. The van der Waals surface area contributed by atoms with Crippen LogP contribution < -0.4 is 5.32 Å². The molecule has 1 aromatic rings. The lowest BCUT2D eigenvalue weighted by molar-refractivity contribution is 0.316. The summed E-state index contributed by atoms with van der Waals surface area (Å²) in [6.45, 7) is 15.0. The molecule has 1 atom stereocenters. The highest BCUT2D eigenvalue weighted by atomic mass is 32.1. The number of rotatable bonds is 6. The van der Waals surface area contributed by atoms with Gasteiger partial charge in [-0.3, -0.25) is 4.90 Å². The molecule has 1 aliphatic heterocycles. The third-order valence-electron chi connectivity index (χ3n) is 3.95. The molecule has 2 rings (SSSR count). The number of hydrogen-bond donors (Lipinski definition) is 1. The van der Waals surface area contributed by atoms with Gasteiger partial charge < -0.3 is 5.32 Å². The average Bonchev–Trinajstić information content (AvgIpc) is 2.87. The van der Waals surface area contributed by atoms with Crippen molar-refractivity contribution in [2.24, 2.45) is 11.8 Å². The first kappa shape index (κ1) is 15.0. The van der Waals surface area contributed by atoms with E-state index < -0.39 is 0 Å². The lowest BCUT2D eigenvalue weighted by Crippen LogP contribution is -2.28. The Bertz CT molecular complexity index is 378. The molecule has 0 saturated carbocycles. The van der Waals surface area contributed by atoms with Gasteiger partial charge in [0.2, 0.25) is 0 Å². The maximum absolute atomic E-state index is 3.60. The monoisotopic (exact) mass is 280 g/mol. The summed E-state index contributed by atoms with van der Waals surface area (Å²) < 4.78 is 0. The Balaban J connectivity index is 1.72. The normalized spacial score (nSPS) is 20.6. The number of aryl methyl sites for hydroxylation is 2. The van der Waals surface area contributed by atoms with Crippen molar-refractivity contribution in [1.29, 1.82) is 0 Å². The molecule has 108 valence electrons. The molecule has 2 heterocycles. The second kappa shape index (κ2) is 6.87. The molecule has 0 bridgehead atoms. The molecule has 0 aromatic carbocycles. The van der Waals surface area contributed by atoms with Gasteiger partial charge in [0.1, 0.15) is 0 Å². The minimum atomic E-state index is 0.759. The van der Waals surface area contributed by atoms with Crippen LogP contribution in [0.1, 0.15) is 35.6 Å². The molecule has 1 fully saturated rings. The van der Waals surface area contributed by atoms with Crippen LogP contribution in [-0.4, -0.2) is 31.1 Å². The molecule has 3 heteroatoms. The fourth-order valence-electron chi connectivity index (χ4n) is 2.75. The average molecular weight is 280 g/mol. The van der Waals surface area contributed by atoms with Gasteiger partial charge in [0.05, 0.1) is 0 Å². The van der Waals surface area contributed by atoms with Gasteiger partial charge in [-0.15, -0.1) is 11.3 Å². The summed E-state index contributed by atoms with van der Waals surface area (Å²) in [5.41, 5.74) is 1.45. The van der Waals surface area contributed by atoms with Crippen molar-refractivity contribution in [3.63, 3.8) is 0 Å². The molecule has 1 N–H and O–H groups in total. The Hall–Kier alpha value is -0.380. The molecule has 0 amide bonds. The van der Waals surface area contributed by atoms with Crippen LogP contribution >= 0.6 is 11.3 Å². The van der Waals surface area contributed by atoms with Gasteiger partial charge in [-0.1, -0.05) is 13.8 Å². The topological polar surface area (TPSA) is 15.3 Å². The number of nitrogens with one attached hydrogen (secondary N) is 1. The highest BCUT2D eigenvalue weighted by molar-refractivity contribution is 7.12. The highest BCUT2D eigenvalue weighted by Crippen LogP contribution is 2.24. The fourth-order valence-corrected chi connectivity index (χ4v) is 3.84. The highest BCUT2D eigenvalue weighted by Gasteiger charge is 2.22. The van der Waals surface area contributed by atoms with E-state index in [4.69, 9.17) is 0 Å². The van der Waals surface area contributed by atoms with Gasteiger partial charge in [-0.2, -0.15) is 0 Å². The molecule has 2 nitrogen and oxygen atoms in total. The van der Waals surface area contributed by atoms with Crippen LogP contribution in [0.5, 0.6) is 0 Å². The Morgan fingerprint density at radius 2 is 2.21 bits per heavy atom. The Morgan fingerprint density at radius 1 is 1.42 bits per heavy atom. The lowest BCUT2D eigenvalue weighted by Gasteiger charge is -2.16. The van der Waals surface area contributed by atoms with Crippen LogP contribution in [0.3, 0.4) is 0 Å². The van der Waals surface area contributed by atoms with Crippen LogP contribution in [-0.2, 0) is 6.54 Å². The molecular formula is C16H28N2S. The predicted octanol–water partition coefficient (Wildman–Crippen LogP) is 3.43. The summed E-state index contributed by atoms with van der Waals surface area (Å²) in [7, 11) is 0. The second-order valence-corrected chi connectivity index (χ2v) is 7.73. The Morgan fingerprint density at radius 3 is 2.84 bits per heavy atom. The van der Waals surface area contributed by atoms with Crippen LogP contribution in [0, 0.1) is 25.7 Å². The minimum Gasteiger partial charge on any atom is -0.316 e. The zero-order valence-corrected chi connectivity index (χ0v) is 13.6. The first-order chi connectivity index (χ1) is 9.04. The first-order valence-electron chi connectivity index (χ1n) is 7.53. The molecule has 0 aliphatic carbocycles. The fraction of sp³-hybridized carbons (Fsp3) is 0.750. The third kappa shape index (κ3) is 4.59. The minimum absolute atomic E-state index is 0.759. The predicted molar refractivity (Wildman–Crippen MR) is 84.9 cm³/mol. The summed E-state index contributed by atoms with van der Waals surface area (Å²) in [6.07, 6.45) is 1.36. The number of likely N-dealkylation sites (tertiary alicyclic amines) is 1. The smallest absolute Gasteiger partial charge is 0.0328 e. The number of thiophene rings is 1. The zero-order chi connectivity index (χ0) is 13.8. The van der Waals surface area contributed by atoms with E-state index in [0.717, 1.165) is 24.9 Å². The van der Waals surface area contributed by atoms with Crippen LogP contribution in [0.15, 0.2) is 6.07 Å². The zero-order valence-electron chi connectivity index (χ0n) is 12.8. The van der Waals surface area contributed by atoms with Crippen molar-refractivity contribution in [2.45, 2.75) is 40.7 Å². The number of nitrogens with zero attached hydrogens (tertiary/aromatic N) is 1. The van der Waals surface area contributed by atoms with Crippen molar-refractivity contribution in [1.82, 2.24) is 10.2 Å². The van der Waals surface area contributed by atoms with E-state index >= 15 is 0 Å². The van der Waals surface area contributed by atoms with E-state index in [1.165, 1.54) is 41.4 Å². The SMILES string of the molecule is Cc1cc(CN2CCC(CNCC(C)C)C2)sc1C. The third-order valence-corrected chi connectivity index (χ3v) is 5.09. The van der Waals surface area contributed by atoms with E-state index in [2.05, 4.69) is 44.0 Å². The van der Waals surface area contributed by atoms with E-state index in [-0.39, 0.29) is 0 Å². The van der Waals surface area contributed by atoms with E-state index in [1.807, 2.05) is 11.3 Å². The van der Waals surface area contributed by atoms with Crippen molar-refractivity contribution >= 4 is 11.3 Å². The van der Waals surface area contributed by atoms with E-state index in [0.29, 0.717) is 0 Å². The summed E-state index contributed by atoms with van der Waals surface area (Å²) >= 11 is 1.97. The molecule has 1 aliphatic rings. The van der Waals surface area contributed by atoms with E-state index in [1.54, 1.807) is 0 Å². The summed E-state index contributed by atoms with van der Waals surface area (Å²) in [6, 6.07) is 2.37. The van der Waals surface area contributed by atoms with Crippen LogP contribution in [0.4, 0.5) is 0 Å². The maximum atomic E-state index is 3.60. The summed E-state index contributed by atoms with van der Waals surface area (Å²) in [5.74, 6) is 1.61. The van der Waals surface area contributed by atoms with Crippen molar-refractivity contribution in [3.05, 3.63) is 21.4 Å². The number of hydrogen-bond acceptors (Lipinski definition) is 3. The quantitative estimate of drug-likeness (QED) is 0.859. The molecule has 1 saturated heterocycles. The van der Waals surface area contributed by atoms with Gasteiger partial charge in [0.15, 0.2) is 0 Å². The first-order valence-corrected chi connectivity index (χ1v) is 8.35. The van der Waals surface area contributed by atoms with Crippen LogP contribution in [0.2, 0.25) is 0 Å². The second-order valence-electron chi connectivity index (χ2n) is 6.39. The lowest BCUT2D eigenvalue weighted by atomic mass is 10.1. The Labute approximate surface area is 122 Å². The summed E-state index contributed by atoms with van der Waals surface area (Å²) in [4.78, 5) is 5.63. The Kier molecular flexibility index (Phi) is 5.43.